The molecule has 1 aliphatic rings. The normalized spacial score (nSPS) is 12.8. The van der Waals surface area contributed by atoms with Crippen molar-refractivity contribution in [1.29, 1.82) is 0 Å². The molecule has 0 bridgehead atoms. The molecule has 0 fully saturated rings. The first kappa shape index (κ1) is 26.2. The molecular weight excluding hydrogens is 568 g/mol. The Labute approximate surface area is 229 Å². The van der Waals surface area contributed by atoms with Gasteiger partial charge in [0.15, 0.2) is 0 Å². The van der Waals surface area contributed by atoms with Crippen LogP contribution in [-0.4, -0.2) is 30.0 Å². The molecule has 2 aromatic carbocycles. The molecule has 196 valence electrons. The Kier molecular flexibility index (Phi) is 6.92. The van der Waals surface area contributed by atoms with Gasteiger partial charge in [-0.3, -0.25) is 4.79 Å². The molecule has 0 saturated carbocycles. The molecule has 2 heterocycles. The molecule has 0 aliphatic heterocycles. The first-order valence-electron chi connectivity index (χ1n) is 12.3. The monoisotopic (exact) mass is 594 g/mol. The summed E-state index contributed by atoms with van der Waals surface area (Å²) in [6.07, 6.45) is 0.747. The number of halogens is 1. The third-order valence-electron chi connectivity index (χ3n) is 6.57. The fraction of sp³-hybridized carbons (Fsp3) is 0.241. The molecule has 1 N–H and O–H groups in total. The number of nitrogens with zero attached hydrogens (tertiary/aromatic N) is 1. The van der Waals surface area contributed by atoms with Gasteiger partial charge in [0.05, 0.1) is 26.9 Å². The van der Waals surface area contributed by atoms with Crippen molar-refractivity contribution in [1.82, 2.24) is 9.55 Å². The van der Waals surface area contributed by atoms with E-state index in [1.807, 2.05) is 35.8 Å². The summed E-state index contributed by atoms with van der Waals surface area (Å²) in [5.74, 6) is -0.471. The van der Waals surface area contributed by atoms with Gasteiger partial charge in [0, 0.05) is 6.54 Å². The predicted octanol–water partition coefficient (Wildman–Crippen LogP) is 5.46. The van der Waals surface area contributed by atoms with Crippen molar-refractivity contribution >= 4 is 31.7 Å². The third kappa shape index (κ3) is 4.65. The van der Waals surface area contributed by atoms with Crippen LogP contribution < -0.4 is 5.56 Å². The Morgan fingerprint density at radius 2 is 1.82 bits per heavy atom. The molecule has 0 amide bonds. The van der Waals surface area contributed by atoms with E-state index in [0.29, 0.717) is 46.5 Å². The average Bonchev–Trinajstić information content (AvgIpc) is 3.15. The van der Waals surface area contributed by atoms with Crippen LogP contribution in [0.1, 0.15) is 46.6 Å². The van der Waals surface area contributed by atoms with E-state index in [-0.39, 0.29) is 15.9 Å². The van der Waals surface area contributed by atoms with Crippen molar-refractivity contribution in [2.24, 2.45) is 0 Å². The molecule has 0 radical (unpaired) electrons. The van der Waals surface area contributed by atoms with Crippen LogP contribution in [0.25, 0.3) is 11.4 Å². The number of H-pyrrole nitrogens is 1. The number of carbonyl (C=O) groups excluding carboxylic acids is 1. The quantitative estimate of drug-likeness (QED) is 0.299. The molecule has 1 aliphatic carbocycles. The summed E-state index contributed by atoms with van der Waals surface area (Å²) in [6, 6.07) is 17.4. The number of aromatic amines is 1. The third-order valence-corrected chi connectivity index (χ3v) is 9.20. The Morgan fingerprint density at radius 3 is 2.50 bits per heavy atom. The summed E-state index contributed by atoms with van der Waals surface area (Å²) < 4.78 is 34.6. The summed E-state index contributed by atoms with van der Waals surface area (Å²) in [5, 5.41) is 0. The summed E-state index contributed by atoms with van der Waals surface area (Å²) in [5.41, 5.74) is 4.48. The topological polar surface area (TPSA) is 98.2 Å². The fourth-order valence-electron chi connectivity index (χ4n) is 4.92. The van der Waals surface area contributed by atoms with E-state index in [1.54, 1.807) is 32.0 Å². The highest BCUT2D eigenvalue weighted by Crippen LogP contribution is 2.41. The largest absolute Gasteiger partial charge is 0.458 e. The first-order valence-corrected chi connectivity index (χ1v) is 14.6. The first-order chi connectivity index (χ1) is 18.1. The lowest BCUT2D eigenvalue weighted by atomic mass is 9.94. The van der Waals surface area contributed by atoms with Crippen LogP contribution in [0.5, 0.6) is 0 Å². The highest BCUT2D eigenvalue weighted by molar-refractivity contribution is 9.10. The summed E-state index contributed by atoms with van der Waals surface area (Å²) in [4.78, 5) is 29.2. The second kappa shape index (κ2) is 10.0. The zero-order valence-electron chi connectivity index (χ0n) is 21.2. The lowest BCUT2D eigenvalue weighted by Crippen LogP contribution is -2.23. The lowest BCUT2D eigenvalue weighted by molar-refractivity contribution is 0.0364. The lowest BCUT2D eigenvalue weighted by Gasteiger charge is -2.21. The smallest absolute Gasteiger partial charge is 0.356 e. The van der Waals surface area contributed by atoms with E-state index in [4.69, 9.17) is 4.74 Å². The molecule has 0 saturated heterocycles. The minimum absolute atomic E-state index is 0.0613. The number of nitrogens with one attached hydrogen (secondary N) is 1. The van der Waals surface area contributed by atoms with Crippen molar-refractivity contribution in [3.63, 3.8) is 0 Å². The molecule has 0 unspecified atom stereocenters. The van der Waals surface area contributed by atoms with E-state index in [0.717, 1.165) is 16.7 Å². The number of sulfone groups is 1. The number of carbonyl (C=O) groups is 1. The predicted molar refractivity (Wildman–Crippen MR) is 148 cm³/mol. The van der Waals surface area contributed by atoms with Crippen molar-refractivity contribution in [2.45, 2.75) is 56.1 Å². The van der Waals surface area contributed by atoms with Crippen molar-refractivity contribution in [2.75, 3.05) is 0 Å². The number of hydrogen-bond donors (Lipinski definition) is 1. The second-order valence-corrected chi connectivity index (χ2v) is 12.4. The van der Waals surface area contributed by atoms with Crippen LogP contribution >= 0.6 is 15.9 Å². The molecular formula is C29H27BrN2O5S. The zero-order chi connectivity index (χ0) is 27.2. The molecule has 7 nitrogen and oxygen atoms in total. The van der Waals surface area contributed by atoms with Crippen LogP contribution in [0.3, 0.4) is 0 Å². The van der Waals surface area contributed by atoms with Crippen molar-refractivity contribution in [3.8, 4) is 11.4 Å². The number of ether oxygens (including phenoxy) is 1. The second-order valence-electron chi connectivity index (χ2n) is 9.70. The minimum Gasteiger partial charge on any atom is -0.458 e. The molecule has 38 heavy (non-hydrogen) atoms. The van der Waals surface area contributed by atoms with Gasteiger partial charge < -0.3 is 14.3 Å². The van der Waals surface area contributed by atoms with Crippen LogP contribution in [0, 0.1) is 6.92 Å². The van der Waals surface area contributed by atoms with E-state index < -0.39 is 21.4 Å². The van der Waals surface area contributed by atoms with Gasteiger partial charge in [0.2, 0.25) is 9.84 Å². The summed E-state index contributed by atoms with van der Waals surface area (Å²) in [6.45, 7) is 5.95. The molecule has 2 aromatic heterocycles. The Morgan fingerprint density at radius 1 is 1.08 bits per heavy atom. The standard InChI is InChI=1S/C29H27BrN2O5S/c1-17(2)37-29(34)27-24(30)22-13-12-20-15-23(38(35,36)21-10-5-4-6-11-21)28(33)31-25(20)26(22)32(27)16-19-9-7-8-18(3)14-19/h4-11,14-15,17H,12-13,16H2,1-3H3,(H,31,33). The molecule has 0 atom stereocenters. The van der Waals surface area contributed by atoms with Crippen LogP contribution in [0.2, 0.25) is 0 Å². The SMILES string of the molecule is Cc1cccc(Cn2c(C(=O)OC(C)C)c(Br)c3c2-c2[nH]c(=O)c(S(=O)(=O)c4ccccc4)cc2CC3)c1. The Hall–Kier alpha value is -3.43. The molecule has 0 spiro atoms. The number of benzene rings is 2. The van der Waals surface area contributed by atoms with E-state index in [2.05, 4.69) is 20.9 Å². The van der Waals surface area contributed by atoms with Gasteiger partial charge in [-0.25, -0.2) is 13.2 Å². The maximum Gasteiger partial charge on any atom is 0.356 e. The van der Waals surface area contributed by atoms with Gasteiger partial charge in [-0.2, -0.15) is 0 Å². The fourth-order valence-corrected chi connectivity index (χ4v) is 7.04. The Bertz CT molecular complexity index is 1720. The number of hydrogen-bond acceptors (Lipinski definition) is 5. The molecule has 5 rings (SSSR count). The van der Waals surface area contributed by atoms with Crippen LogP contribution in [-0.2, 0) is 34.0 Å². The van der Waals surface area contributed by atoms with Crippen molar-refractivity contribution < 1.29 is 17.9 Å². The number of fused-ring (bicyclic) bond motifs is 3. The van der Waals surface area contributed by atoms with Crippen molar-refractivity contribution in [3.05, 3.63) is 103 Å². The highest BCUT2D eigenvalue weighted by atomic mass is 79.9. The number of aromatic nitrogens is 2. The maximum absolute atomic E-state index is 13.3. The molecule has 4 aromatic rings. The van der Waals surface area contributed by atoms with E-state index >= 15 is 0 Å². The van der Waals surface area contributed by atoms with Gasteiger partial charge >= 0.3 is 5.97 Å². The minimum atomic E-state index is -4.01. The number of aryl methyl sites for hydroxylation is 2. The Balaban J connectivity index is 1.71. The van der Waals surface area contributed by atoms with Gasteiger partial charge in [-0.15, -0.1) is 0 Å². The molecule has 9 heteroatoms. The number of pyridine rings is 1. The van der Waals surface area contributed by atoms with E-state index in [1.165, 1.54) is 18.2 Å². The van der Waals surface area contributed by atoms with E-state index in [9.17, 15) is 18.0 Å². The number of esters is 1. The zero-order valence-corrected chi connectivity index (χ0v) is 23.6. The van der Waals surface area contributed by atoms with Crippen LogP contribution in [0.15, 0.2) is 79.7 Å². The van der Waals surface area contributed by atoms with Gasteiger partial charge in [0.25, 0.3) is 5.56 Å². The summed E-state index contributed by atoms with van der Waals surface area (Å²) in [7, 11) is -4.01. The number of rotatable bonds is 6. The van der Waals surface area contributed by atoms with Gasteiger partial charge in [0.1, 0.15) is 10.6 Å². The van der Waals surface area contributed by atoms with Gasteiger partial charge in [-0.05, 0) is 84.4 Å². The highest BCUT2D eigenvalue weighted by Gasteiger charge is 2.33. The maximum atomic E-state index is 13.3. The van der Waals surface area contributed by atoms with Crippen LogP contribution in [0.4, 0.5) is 0 Å². The van der Waals surface area contributed by atoms with Gasteiger partial charge in [-0.1, -0.05) is 48.0 Å². The summed E-state index contributed by atoms with van der Waals surface area (Å²) >= 11 is 3.64. The average molecular weight is 596 g/mol.